The van der Waals surface area contributed by atoms with Crippen LogP contribution in [0.3, 0.4) is 0 Å². The minimum absolute atomic E-state index is 0.138. The average molecular weight is 277 g/mol. The fraction of sp³-hybridized carbons (Fsp3) is 1.00. The first-order chi connectivity index (χ1) is 8.64. The van der Waals surface area contributed by atoms with Crippen LogP contribution < -0.4 is 0 Å². The van der Waals surface area contributed by atoms with Crippen LogP contribution in [0.4, 0.5) is 0 Å². The van der Waals surface area contributed by atoms with E-state index in [4.69, 9.17) is 5.11 Å². The quantitative estimate of drug-likeness (QED) is 0.740. The summed E-state index contributed by atoms with van der Waals surface area (Å²) in [5.41, 5.74) is 0. The third-order valence-corrected chi connectivity index (χ3v) is 5.75. The van der Waals surface area contributed by atoms with Crippen LogP contribution >= 0.6 is 0 Å². The third-order valence-electron chi connectivity index (χ3n) is 3.72. The lowest BCUT2D eigenvalue weighted by Gasteiger charge is -2.37. The summed E-state index contributed by atoms with van der Waals surface area (Å²) < 4.78 is 28.0. The lowest BCUT2D eigenvalue weighted by Crippen LogP contribution is -2.54. The van der Waals surface area contributed by atoms with Crippen molar-refractivity contribution in [3.8, 4) is 0 Å². The van der Waals surface area contributed by atoms with Crippen molar-refractivity contribution in [1.29, 1.82) is 0 Å². The first kappa shape index (κ1) is 14.2. The van der Waals surface area contributed by atoms with E-state index in [2.05, 4.69) is 4.90 Å². The van der Waals surface area contributed by atoms with Crippen LogP contribution in [0.15, 0.2) is 0 Å². The maximum absolute atomic E-state index is 12.4. The molecule has 2 heterocycles. The van der Waals surface area contributed by atoms with Gasteiger partial charge in [0.25, 0.3) is 10.2 Å². The highest BCUT2D eigenvalue weighted by molar-refractivity contribution is 7.86. The molecule has 18 heavy (non-hydrogen) atoms. The van der Waals surface area contributed by atoms with Crippen molar-refractivity contribution in [2.75, 3.05) is 52.4 Å². The van der Waals surface area contributed by atoms with Crippen molar-refractivity contribution in [3.05, 3.63) is 0 Å². The fourth-order valence-corrected chi connectivity index (χ4v) is 4.26. The van der Waals surface area contributed by atoms with Gasteiger partial charge in [0, 0.05) is 45.8 Å². The van der Waals surface area contributed by atoms with E-state index < -0.39 is 10.2 Å². The Bertz CT molecular complexity index is 347. The number of piperidine rings is 1. The fourth-order valence-electron chi connectivity index (χ4n) is 2.58. The molecule has 0 aromatic rings. The smallest absolute Gasteiger partial charge is 0.282 e. The summed E-state index contributed by atoms with van der Waals surface area (Å²) in [4.78, 5) is 2.10. The average Bonchev–Trinajstić information content (AvgIpc) is 2.41. The highest BCUT2D eigenvalue weighted by atomic mass is 32.2. The molecule has 0 aromatic carbocycles. The zero-order valence-electron chi connectivity index (χ0n) is 10.8. The Morgan fingerprint density at radius 1 is 0.833 bits per heavy atom. The minimum Gasteiger partial charge on any atom is -0.395 e. The number of nitrogens with zero attached hydrogens (tertiary/aromatic N) is 3. The van der Waals surface area contributed by atoms with E-state index >= 15 is 0 Å². The van der Waals surface area contributed by atoms with E-state index in [0.29, 0.717) is 45.8 Å². The van der Waals surface area contributed by atoms with Gasteiger partial charge >= 0.3 is 0 Å². The molecule has 0 bridgehead atoms. The predicted octanol–water partition coefficient (Wildman–Crippen LogP) is -0.673. The number of hydrogen-bond acceptors (Lipinski definition) is 4. The second-order valence-electron chi connectivity index (χ2n) is 4.93. The lowest BCUT2D eigenvalue weighted by molar-refractivity contribution is 0.146. The number of aliphatic hydroxyl groups is 1. The molecule has 2 rings (SSSR count). The molecule has 6 nitrogen and oxygen atoms in total. The van der Waals surface area contributed by atoms with E-state index in [-0.39, 0.29) is 6.61 Å². The van der Waals surface area contributed by atoms with E-state index in [0.717, 1.165) is 19.3 Å². The van der Waals surface area contributed by atoms with Crippen molar-refractivity contribution >= 4 is 10.2 Å². The number of hydrogen-bond donors (Lipinski definition) is 1. The molecule has 1 N–H and O–H groups in total. The molecule has 2 saturated heterocycles. The third kappa shape index (κ3) is 3.21. The van der Waals surface area contributed by atoms with Crippen molar-refractivity contribution < 1.29 is 13.5 Å². The van der Waals surface area contributed by atoms with Crippen LogP contribution in [0.2, 0.25) is 0 Å². The molecule has 2 aliphatic heterocycles. The molecule has 0 radical (unpaired) electrons. The molecule has 0 aromatic heterocycles. The second kappa shape index (κ2) is 6.29. The minimum atomic E-state index is -3.25. The Hall–Kier alpha value is -0.210. The standard InChI is InChI=1S/C11H23N3O3S/c15-11-10-12-6-8-14(9-7-12)18(16,17)13-4-2-1-3-5-13/h15H,1-11H2. The highest BCUT2D eigenvalue weighted by Crippen LogP contribution is 2.17. The van der Waals surface area contributed by atoms with Crippen molar-refractivity contribution in [2.24, 2.45) is 0 Å². The second-order valence-corrected chi connectivity index (χ2v) is 6.86. The molecule has 7 heteroatoms. The Labute approximate surface area is 109 Å². The van der Waals surface area contributed by atoms with E-state index in [1.165, 1.54) is 0 Å². The van der Waals surface area contributed by atoms with Gasteiger partial charge in [0.1, 0.15) is 0 Å². The van der Waals surface area contributed by atoms with Crippen LogP contribution in [0, 0.1) is 0 Å². The first-order valence-electron chi connectivity index (χ1n) is 6.73. The molecule has 0 saturated carbocycles. The summed E-state index contributed by atoms with van der Waals surface area (Å²) in [6, 6.07) is 0. The van der Waals surface area contributed by atoms with Crippen molar-refractivity contribution in [2.45, 2.75) is 19.3 Å². The summed E-state index contributed by atoms with van der Waals surface area (Å²) in [6.07, 6.45) is 3.09. The summed E-state index contributed by atoms with van der Waals surface area (Å²) in [6.45, 7) is 4.62. The van der Waals surface area contributed by atoms with Gasteiger partial charge in [-0.05, 0) is 12.8 Å². The van der Waals surface area contributed by atoms with Crippen LogP contribution in [-0.4, -0.2) is 79.5 Å². The Morgan fingerprint density at radius 2 is 1.39 bits per heavy atom. The molecular weight excluding hydrogens is 254 g/mol. The monoisotopic (exact) mass is 277 g/mol. The number of aliphatic hydroxyl groups excluding tert-OH is 1. The van der Waals surface area contributed by atoms with Gasteiger partial charge in [-0.1, -0.05) is 6.42 Å². The van der Waals surface area contributed by atoms with Crippen LogP contribution in [-0.2, 0) is 10.2 Å². The summed E-state index contributed by atoms with van der Waals surface area (Å²) >= 11 is 0. The number of β-amino-alcohol motifs (C(OH)–C–C–N with tert-alkyl or cyclic N) is 1. The largest absolute Gasteiger partial charge is 0.395 e. The van der Waals surface area contributed by atoms with Crippen LogP contribution in [0.25, 0.3) is 0 Å². The molecule has 2 fully saturated rings. The van der Waals surface area contributed by atoms with Gasteiger partial charge in [0.2, 0.25) is 0 Å². The van der Waals surface area contributed by atoms with Gasteiger partial charge in [0.05, 0.1) is 6.61 Å². The van der Waals surface area contributed by atoms with Gasteiger partial charge in [-0.2, -0.15) is 17.0 Å². The van der Waals surface area contributed by atoms with Crippen molar-refractivity contribution in [1.82, 2.24) is 13.5 Å². The molecule has 106 valence electrons. The normalized spacial score (nSPS) is 25.4. The first-order valence-corrected chi connectivity index (χ1v) is 8.13. The van der Waals surface area contributed by atoms with E-state index in [1.807, 2.05) is 0 Å². The Morgan fingerprint density at radius 3 is 1.94 bits per heavy atom. The Balaban J connectivity index is 1.91. The van der Waals surface area contributed by atoms with Gasteiger partial charge in [-0.3, -0.25) is 4.90 Å². The maximum Gasteiger partial charge on any atom is 0.282 e. The SMILES string of the molecule is O=S(=O)(N1CCCCC1)N1CCN(CCO)CC1. The zero-order chi connectivity index (χ0) is 13.0. The number of rotatable bonds is 4. The highest BCUT2D eigenvalue weighted by Gasteiger charge is 2.32. The topological polar surface area (TPSA) is 64.1 Å². The Kier molecular flexibility index (Phi) is 4.97. The summed E-state index contributed by atoms with van der Waals surface area (Å²) in [5, 5.41) is 8.87. The molecule has 0 atom stereocenters. The van der Waals surface area contributed by atoms with E-state index in [1.54, 1.807) is 8.61 Å². The molecule has 0 aliphatic carbocycles. The van der Waals surface area contributed by atoms with E-state index in [9.17, 15) is 8.42 Å². The molecule has 0 unspecified atom stereocenters. The molecule has 2 aliphatic rings. The zero-order valence-corrected chi connectivity index (χ0v) is 11.6. The lowest BCUT2D eigenvalue weighted by atomic mass is 10.2. The molecule has 0 amide bonds. The molecular formula is C11H23N3O3S. The summed E-state index contributed by atoms with van der Waals surface area (Å²) in [7, 11) is -3.25. The van der Waals surface area contributed by atoms with Gasteiger partial charge in [-0.25, -0.2) is 0 Å². The number of piperazine rings is 1. The maximum atomic E-state index is 12.4. The van der Waals surface area contributed by atoms with Gasteiger partial charge in [0.15, 0.2) is 0 Å². The van der Waals surface area contributed by atoms with Crippen LogP contribution in [0.1, 0.15) is 19.3 Å². The predicted molar refractivity (Wildman–Crippen MR) is 69.4 cm³/mol. The van der Waals surface area contributed by atoms with Gasteiger partial charge in [-0.15, -0.1) is 0 Å². The summed E-state index contributed by atoms with van der Waals surface area (Å²) in [5.74, 6) is 0. The van der Waals surface area contributed by atoms with Gasteiger partial charge < -0.3 is 5.11 Å². The van der Waals surface area contributed by atoms with Crippen LogP contribution in [0.5, 0.6) is 0 Å². The molecule has 0 spiro atoms. The van der Waals surface area contributed by atoms with Crippen molar-refractivity contribution in [3.63, 3.8) is 0 Å².